The number of hydrogen-bond acceptors (Lipinski definition) is 4. The van der Waals surface area contributed by atoms with E-state index in [0.717, 1.165) is 82.6 Å². The third kappa shape index (κ3) is 3.45. The molecule has 0 unspecified atom stereocenters. The standard InChI is InChI=1S/C37H21N3O2S/c41-25-12-14-35-29(20-25)27-6-2-4-8-33(27)40(35)24-11-16-37-31(19-24)30-18-23(10-15-36(30)42-37)39-32-7-3-1-5-26(32)28-17-22(38-21-43)9-13-34(28)39/h1-20,41H. The molecule has 0 saturated heterocycles. The first-order valence-electron chi connectivity index (χ1n) is 14.0. The van der Waals surface area contributed by atoms with E-state index in [4.69, 9.17) is 16.6 Å². The number of aromatic hydroxyl groups is 1. The van der Waals surface area contributed by atoms with Gasteiger partial charge in [0.15, 0.2) is 0 Å². The normalized spacial score (nSPS) is 11.8. The Bertz CT molecular complexity index is 2650. The van der Waals surface area contributed by atoms with Crippen molar-refractivity contribution in [3.8, 4) is 17.1 Å². The first-order chi connectivity index (χ1) is 21.2. The van der Waals surface area contributed by atoms with Crippen LogP contribution < -0.4 is 0 Å². The van der Waals surface area contributed by atoms with Crippen LogP contribution in [0.15, 0.2) is 131 Å². The highest BCUT2D eigenvalue weighted by atomic mass is 32.1. The molecule has 0 aliphatic heterocycles. The zero-order valence-corrected chi connectivity index (χ0v) is 23.5. The Morgan fingerprint density at radius 2 is 1.07 bits per heavy atom. The molecule has 0 spiro atoms. The number of isothiocyanates is 1. The number of thiocarbonyl (C=S) groups is 1. The van der Waals surface area contributed by atoms with Crippen LogP contribution in [-0.2, 0) is 0 Å². The number of fused-ring (bicyclic) bond motifs is 9. The molecule has 0 amide bonds. The zero-order chi connectivity index (χ0) is 28.7. The number of phenols is 1. The second-order valence-corrected chi connectivity index (χ2v) is 11.0. The highest BCUT2D eigenvalue weighted by Gasteiger charge is 2.17. The van der Waals surface area contributed by atoms with Crippen LogP contribution in [0.4, 0.5) is 5.69 Å². The summed E-state index contributed by atoms with van der Waals surface area (Å²) in [5.74, 6) is 0.256. The van der Waals surface area contributed by atoms with Crippen molar-refractivity contribution >= 4 is 88.6 Å². The third-order valence-electron chi connectivity index (χ3n) is 8.44. The average molecular weight is 572 g/mol. The van der Waals surface area contributed by atoms with Crippen LogP contribution in [-0.4, -0.2) is 19.4 Å². The molecule has 202 valence electrons. The van der Waals surface area contributed by atoms with Crippen LogP contribution in [0.3, 0.4) is 0 Å². The van der Waals surface area contributed by atoms with Crippen LogP contribution in [0, 0.1) is 0 Å². The lowest BCUT2D eigenvalue weighted by Crippen LogP contribution is -1.94. The van der Waals surface area contributed by atoms with Gasteiger partial charge in [0.2, 0.25) is 0 Å². The fourth-order valence-corrected chi connectivity index (χ4v) is 6.74. The zero-order valence-electron chi connectivity index (χ0n) is 22.7. The summed E-state index contributed by atoms with van der Waals surface area (Å²) in [5.41, 5.74) is 8.85. The van der Waals surface area contributed by atoms with Crippen molar-refractivity contribution in [2.24, 2.45) is 4.99 Å². The molecule has 3 heterocycles. The van der Waals surface area contributed by atoms with Gasteiger partial charge in [0, 0.05) is 43.7 Å². The smallest absolute Gasteiger partial charge is 0.135 e. The molecule has 6 heteroatoms. The Hall–Kier alpha value is -5.68. The van der Waals surface area contributed by atoms with Gasteiger partial charge in [-0.2, -0.15) is 4.99 Å². The number of phenolic OH excluding ortho intramolecular Hbond substituents is 1. The van der Waals surface area contributed by atoms with Crippen molar-refractivity contribution < 1.29 is 9.52 Å². The summed E-state index contributed by atoms with van der Waals surface area (Å²) >= 11 is 4.85. The van der Waals surface area contributed by atoms with E-state index in [2.05, 4.69) is 98.2 Å². The molecule has 0 aliphatic rings. The summed E-state index contributed by atoms with van der Waals surface area (Å²) in [6, 6.07) is 41.1. The van der Waals surface area contributed by atoms with Gasteiger partial charge in [-0.15, -0.1) is 0 Å². The fraction of sp³-hybridized carbons (Fsp3) is 0. The van der Waals surface area contributed by atoms with Gasteiger partial charge < -0.3 is 18.7 Å². The molecule has 0 saturated carbocycles. The summed E-state index contributed by atoms with van der Waals surface area (Å²) in [6.45, 7) is 0. The van der Waals surface area contributed by atoms with Crippen molar-refractivity contribution in [3.05, 3.63) is 121 Å². The van der Waals surface area contributed by atoms with Crippen molar-refractivity contribution in [2.45, 2.75) is 0 Å². The van der Waals surface area contributed by atoms with Crippen molar-refractivity contribution in [1.29, 1.82) is 0 Å². The second-order valence-electron chi connectivity index (χ2n) is 10.8. The molecule has 3 aromatic heterocycles. The molecule has 1 N–H and O–H groups in total. The number of furan rings is 1. The van der Waals surface area contributed by atoms with E-state index >= 15 is 0 Å². The van der Waals surface area contributed by atoms with E-state index in [-0.39, 0.29) is 5.75 Å². The molecule has 43 heavy (non-hydrogen) atoms. The summed E-state index contributed by atoms with van der Waals surface area (Å²) in [4.78, 5) is 4.21. The van der Waals surface area contributed by atoms with Gasteiger partial charge in [0.1, 0.15) is 16.9 Å². The maximum Gasteiger partial charge on any atom is 0.135 e. The van der Waals surface area contributed by atoms with Crippen LogP contribution in [0.1, 0.15) is 0 Å². The van der Waals surface area contributed by atoms with Gasteiger partial charge in [-0.1, -0.05) is 36.4 Å². The van der Waals surface area contributed by atoms with E-state index < -0.39 is 0 Å². The van der Waals surface area contributed by atoms with Crippen LogP contribution >= 0.6 is 12.2 Å². The highest BCUT2D eigenvalue weighted by Crippen LogP contribution is 2.39. The lowest BCUT2D eigenvalue weighted by Gasteiger charge is -2.09. The number of aromatic nitrogens is 2. The topological polar surface area (TPSA) is 55.6 Å². The maximum atomic E-state index is 10.2. The van der Waals surface area contributed by atoms with E-state index in [1.807, 2.05) is 36.4 Å². The average Bonchev–Trinajstić information content (AvgIpc) is 3.68. The number of hydrogen-bond donors (Lipinski definition) is 1. The van der Waals surface area contributed by atoms with Crippen LogP contribution in [0.2, 0.25) is 0 Å². The van der Waals surface area contributed by atoms with Crippen molar-refractivity contribution in [3.63, 3.8) is 0 Å². The van der Waals surface area contributed by atoms with Gasteiger partial charge in [-0.25, -0.2) is 0 Å². The molecule has 0 bridgehead atoms. The number of benzene rings is 6. The Balaban J connectivity index is 1.30. The van der Waals surface area contributed by atoms with Gasteiger partial charge >= 0.3 is 0 Å². The molecule has 0 atom stereocenters. The summed E-state index contributed by atoms with van der Waals surface area (Å²) in [6.07, 6.45) is 0. The molecule has 0 fully saturated rings. The Labute approximate surface area is 250 Å². The number of aliphatic imine (C=N–C) groups is 1. The van der Waals surface area contributed by atoms with Crippen molar-refractivity contribution in [1.82, 2.24) is 9.13 Å². The quantitative estimate of drug-likeness (QED) is 0.170. The third-order valence-corrected chi connectivity index (χ3v) is 8.53. The molecule has 0 radical (unpaired) electrons. The fourth-order valence-electron chi connectivity index (χ4n) is 6.63. The molecular formula is C37H21N3O2S. The van der Waals surface area contributed by atoms with Crippen LogP contribution in [0.5, 0.6) is 5.75 Å². The summed E-state index contributed by atoms with van der Waals surface area (Å²) < 4.78 is 10.9. The van der Waals surface area contributed by atoms with E-state index in [0.29, 0.717) is 0 Å². The minimum absolute atomic E-state index is 0.256. The molecule has 9 rings (SSSR count). The van der Waals surface area contributed by atoms with Gasteiger partial charge in [-0.05, 0) is 97.1 Å². The van der Waals surface area contributed by atoms with E-state index in [1.165, 1.54) is 0 Å². The Morgan fingerprint density at radius 3 is 1.67 bits per heavy atom. The number of para-hydroxylation sites is 2. The first-order valence-corrected chi connectivity index (χ1v) is 14.4. The maximum absolute atomic E-state index is 10.2. The molecule has 5 nitrogen and oxygen atoms in total. The monoisotopic (exact) mass is 571 g/mol. The summed E-state index contributed by atoms with van der Waals surface area (Å²) in [5, 5.41) is 19.2. The van der Waals surface area contributed by atoms with E-state index in [9.17, 15) is 5.11 Å². The minimum atomic E-state index is 0.256. The minimum Gasteiger partial charge on any atom is -0.508 e. The predicted octanol–water partition coefficient (Wildman–Crippen LogP) is 10.2. The molecule has 0 aliphatic carbocycles. The largest absolute Gasteiger partial charge is 0.508 e. The molecule has 6 aromatic carbocycles. The van der Waals surface area contributed by atoms with Gasteiger partial charge in [0.25, 0.3) is 0 Å². The van der Waals surface area contributed by atoms with Gasteiger partial charge in [-0.3, -0.25) is 0 Å². The van der Waals surface area contributed by atoms with Crippen LogP contribution in [0.25, 0.3) is 76.9 Å². The molecule has 9 aromatic rings. The summed E-state index contributed by atoms with van der Waals surface area (Å²) in [7, 11) is 0. The lowest BCUT2D eigenvalue weighted by molar-refractivity contribution is 0.476. The Morgan fingerprint density at radius 1 is 0.535 bits per heavy atom. The molecular weight excluding hydrogens is 550 g/mol. The SMILES string of the molecule is Oc1ccc2c(c1)c1ccccc1n2-c1ccc2oc3ccc(-n4c5ccccc5c5cc(N=C=S)ccc54)cc3c2c1. The second kappa shape index (κ2) is 8.91. The van der Waals surface area contributed by atoms with E-state index in [1.54, 1.807) is 6.07 Å². The predicted molar refractivity (Wildman–Crippen MR) is 179 cm³/mol. The highest BCUT2D eigenvalue weighted by molar-refractivity contribution is 7.78. The number of nitrogens with zero attached hydrogens (tertiary/aromatic N) is 3. The lowest BCUT2D eigenvalue weighted by atomic mass is 10.1. The van der Waals surface area contributed by atoms with Crippen molar-refractivity contribution in [2.75, 3.05) is 0 Å². The number of rotatable bonds is 3. The van der Waals surface area contributed by atoms with Gasteiger partial charge in [0.05, 0.1) is 32.9 Å². The first kappa shape index (κ1) is 24.0. The Kier molecular flexibility index (Phi) is 4.97.